The molecule has 4 nitrogen and oxygen atoms in total. The molecule has 0 radical (unpaired) electrons. The van der Waals surface area contributed by atoms with Crippen molar-refractivity contribution in [1.29, 1.82) is 0 Å². The molecule has 0 unspecified atom stereocenters. The number of carbonyl (C=O) groups excluding carboxylic acids is 1. The molecule has 1 aliphatic heterocycles. The van der Waals surface area contributed by atoms with Crippen molar-refractivity contribution in [3.63, 3.8) is 0 Å². The van der Waals surface area contributed by atoms with Crippen molar-refractivity contribution >= 4 is 16.8 Å². The highest BCUT2D eigenvalue weighted by molar-refractivity contribution is 5.97. The van der Waals surface area contributed by atoms with Crippen LogP contribution in [0.1, 0.15) is 23.2 Å². The number of hydrogen-bond acceptors (Lipinski definition) is 2. The van der Waals surface area contributed by atoms with Crippen molar-refractivity contribution in [1.82, 2.24) is 9.88 Å². The van der Waals surface area contributed by atoms with Crippen molar-refractivity contribution in [2.24, 2.45) is 0 Å². The molecule has 2 aromatic rings. The largest absolute Gasteiger partial charge is 0.381 e. The molecule has 100 valence electrons. The minimum absolute atomic E-state index is 0.0865. The van der Waals surface area contributed by atoms with Crippen molar-refractivity contribution in [3.8, 4) is 0 Å². The maximum Gasteiger partial charge on any atom is 0.253 e. The third kappa shape index (κ3) is 2.36. The Hall–Kier alpha value is -1.81. The molecule has 1 amide bonds. The highest BCUT2D eigenvalue weighted by Gasteiger charge is 2.23. The number of rotatable bonds is 2. The summed E-state index contributed by atoms with van der Waals surface area (Å²) in [6, 6.07) is 8.10. The van der Waals surface area contributed by atoms with Crippen LogP contribution in [0.4, 0.5) is 0 Å². The van der Waals surface area contributed by atoms with Gasteiger partial charge in [0.15, 0.2) is 0 Å². The van der Waals surface area contributed by atoms with Crippen LogP contribution in [0.25, 0.3) is 10.9 Å². The zero-order valence-electron chi connectivity index (χ0n) is 11.1. The van der Waals surface area contributed by atoms with Crippen LogP contribution in [0.3, 0.4) is 0 Å². The second kappa shape index (κ2) is 5.05. The predicted octanol–water partition coefficient (Wildman–Crippen LogP) is 2.42. The molecule has 0 aliphatic carbocycles. The zero-order chi connectivity index (χ0) is 13.2. The maximum absolute atomic E-state index is 12.5. The molecule has 0 spiro atoms. The summed E-state index contributed by atoms with van der Waals surface area (Å²) in [6.07, 6.45) is 3.74. The minimum Gasteiger partial charge on any atom is -0.381 e. The Kier molecular flexibility index (Phi) is 3.25. The number of H-pyrrole nitrogens is 1. The van der Waals surface area contributed by atoms with E-state index in [0.717, 1.165) is 42.5 Å². The van der Waals surface area contributed by atoms with E-state index in [0.29, 0.717) is 6.04 Å². The van der Waals surface area contributed by atoms with Gasteiger partial charge in [0.25, 0.3) is 5.91 Å². The molecule has 1 N–H and O–H groups in total. The smallest absolute Gasteiger partial charge is 0.253 e. The number of nitrogens with zero attached hydrogens (tertiary/aromatic N) is 1. The van der Waals surface area contributed by atoms with Crippen LogP contribution < -0.4 is 0 Å². The van der Waals surface area contributed by atoms with Gasteiger partial charge in [-0.15, -0.1) is 0 Å². The molecule has 2 heterocycles. The quantitative estimate of drug-likeness (QED) is 0.899. The lowest BCUT2D eigenvalue weighted by molar-refractivity contribution is 0.0362. The first-order chi connectivity index (χ1) is 9.25. The fraction of sp³-hybridized carbons (Fsp3) is 0.400. The summed E-state index contributed by atoms with van der Waals surface area (Å²) in [5.41, 5.74) is 1.75. The Morgan fingerprint density at radius 2 is 2.11 bits per heavy atom. The summed E-state index contributed by atoms with van der Waals surface area (Å²) < 4.78 is 5.34. The molecular formula is C15H18N2O2. The van der Waals surface area contributed by atoms with Crippen LogP contribution in [0, 0.1) is 0 Å². The lowest BCUT2D eigenvalue weighted by Gasteiger charge is -2.31. The van der Waals surface area contributed by atoms with E-state index in [1.54, 1.807) is 0 Å². The monoisotopic (exact) mass is 258 g/mol. The van der Waals surface area contributed by atoms with Crippen LogP contribution in [0.2, 0.25) is 0 Å². The third-order valence-corrected chi connectivity index (χ3v) is 3.86. The maximum atomic E-state index is 12.5. The Labute approximate surface area is 112 Å². The second-order valence-electron chi connectivity index (χ2n) is 5.04. The number of amides is 1. The van der Waals surface area contributed by atoms with Crippen molar-refractivity contribution in [2.45, 2.75) is 18.9 Å². The number of benzene rings is 1. The van der Waals surface area contributed by atoms with Crippen LogP contribution in [0.5, 0.6) is 0 Å². The molecule has 1 saturated heterocycles. The summed E-state index contributed by atoms with van der Waals surface area (Å²) in [5, 5.41) is 1.13. The van der Waals surface area contributed by atoms with E-state index in [1.807, 2.05) is 42.4 Å². The van der Waals surface area contributed by atoms with Gasteiger partial charge in [0.2, 0.25) is 0 Å². The first-order valence-corrected chi connectivity index (χ1v) is 6.68. The molecule has 1 fully saturated rings. The number of ether oxygens (including phenoxy) is 1. The van der Waals surface area contributed by atoms with E-state index in [9.17, 15) is 4.79 Å². The van der Waals surface area contributed by atoms with Gasteiger partial charge in [-0.2, -0.15) is 0 Å². The normalized spacial score (nSPS) is 16.7. The number of fused-ring (bicyclic) bond motifs is 1. The average molecular weight is 258 g/mol. The highest BCUT2D eigenvalue weighted by Crippen LogP contribution is 2.19. The summed E-state index contributed by atoms with van der Waals surface area (Å²) in [5.74, 6) is 0.0865. The van der Waals surface area contributed by atoms with E-state index < -0.39 is 0 Å². The van der Waals surface area contributed by atoms with Gasteiger partial charge in [0.05, 0.1) is 0 Å². The molecule has 4 heteroatoms. The number of carbonyl (C=O) groups is 1. The molecule has 3 rings (SSSR count). The second-order valence-corrected chi connectivity index (χ2v) is 5.04. The fourth-order valence-corrected chi connectivity index (χ4v) is 2.62. The van der Waals surface area contributed by atoms with Gasteiger partial charge in [-0.1, -0.05) is 6.07 Å². The van der Waals surface area contributed by atoms with Gasteiger partial charge < -0.3 is 14.6 Å². The molecule has 0 bridgehead atoms. The predicted molar refractivity (Wildman–Crippen MR) is 74.2 cm³/mol. The van der Waals surface area contributed by atoms with Gasteiger partial charge in [0.1, 0.15) is 0 Å². The summed E-state index contributed by atoms with van der Waals surface area (Å²) in [6.45, 7) is 1.50. The lowest BCUT2D eigenvalue weighted by atomic mass is 10.1. The topological polar surface area (TPSA) is 45.3 Å². The Bertz CT molecular complexity index is 585. The van der Waals surface area contributed by atoms with Crippen LogP contribution >= 0.6 is 0 Å². The summed E-state index contributed by atoms with van der Waals surface area (Å²) in [7, 11) is 1.89. The minimum atomic E-state index is 0.0865. The van der Waals surface area contributed by atoms with E-state index in [1.165, 1.54) is 0 Å². The van der Waals surface area contributed by atoms with Crippen molar-refractivity contribution in [3.05, 3.63) is 36.0 Å². The van der Waals surface area contributed by atoms with Gasteiger partial charge in [-0.3, -0.25) is 4.79 Å². The molecule has 0 saturated carbocycles. The van der Waals surface area contributed by atoms with Crippen molar-refractivity contribution < 1.29 is 9.53 Å². The van der Waals surface area contributed by atoms with Gasteiger partial charge in [-0.25, -0.2) is 0 Å². The highest BCUT2D eigenvalue weighted by atomic mass is 16.5. The first kappa shape index (κ1) is 12.2. The molecule has 1 aromatic heterocycles. The molecule has 1 aliphatic rings. The number of hydrogen-bond donors (Lipinski definition) is 1. The van der Waals surface area contributed by atoms with E-state index in [2.05, 4.69) is 4.98 Å². The first-order valence-electron chi connectivity index (χ1n) is 6.68. The average Bonchev–Trinajstić information content (AvgIpc) is 2.94. The molecule has 19 heavy (non-hydrogen) atoms. The van der Waals surface area contributed by atoms with E-state index >= 15 is 0 Å². The Morgan fingerprint density at radius 1 is 1.32 bits per heavy atom. The van der Waals surface area contributed by atoms with Crippen LogP contribution in [0.15, 0.2) is 30.5 Å². The van der Waals surface area contributed by atoms with Crippen molar-refractivity contribution in [2.75, 3.05) is 20.3 Å². The SMILES string of the molecule is CN(C(=O)c1ccc2cc[nH]c2c1)C1CCOCC1. The van der Waals surface area contributed by atoms with E-state index in [-0.39, 0.29) is 5.91 Å². The van der Waals surface area contributed by atoms with Gasteiger partial charge in [0, 0.05) is 43.6 Å². The Balaban J connectivity index is 1.81. The number of aromatic amines is 1. The summed E-state index contributed by atoms with van der Waals surface area (Å²) >= 11 is 0. The lowest BCUT2D eigenvalue weighted by Crippen LogP contribution is -2.40. The van der Waals surface area contributed by atoms with E-state index in [4.69, 9.17) is 4.74 Å². The number of nitrogens with one attached hydrogen (secondary N) is 1. The molecular weight excluding hydrogens is 240 g/mol. The fourth-order valence-electron chi connectivity index (χ4n) is 2.62. The van der Waals surface area contributed by atoms with Crippen LogP contribution in [-0.2, 0) is 4.74 Å². The third-order valence-electron chi connectivity index (χ3n) is 3.86. The van der Waals surface area contributed by atoms with Gasteiger partial charge >= 0.3 is 0 Å². The Morgan fingerprint density at radius 3 is 2.89 bits per heavy atom. The summed E-state index contributed by atoms with van der Waals surface area (Å²) in [4.78, 5) is 17.5. The zero-order valence-corrected chi connectivity index (χ0v) is 11.1. The number of aromatic nitrogens is 1. The van der Waals surface area contributed by atoms with Crippen LogP contribution in [-0.4, -0.2) is 42.1 Å². The van der Waals surface area contributed by atoms with Gasteiger partial charge in [-0.05, 0) is 36.4 Å². The standard InChI is InChI=1S/C15H18N2O2/c1-17(13-5-8-19-9-6-13)15(18)12-3-2-11-4-7-16-14(11)10-12/h2-4,7,10,13,16H,5-6,8-9H2,1H3. The molecule has 0 atom stereocenters. The molecule has 1 aromatic carbocycles.